The Hall–Kier alpha value is -2.58. The third kappa shape index (κ3) is 3.38. The Kier molecular flexibility index (Phi) is 5.15. The van der Waals surface area contributed by atoms with Gasteiger partial charge in [0.15, 0.2) is 5.82 Å². The molecule has 0 bridgehead atoms. The van der Waals surface area contributed by atoms with Crippen LogP contribution >= 0.6 is 11.3 Å². The average molecular weight is 375 g/mol. The maximum atomic E-state index is 13.2. The summed E-state index contributed by atoms with van der Waals surface area (Å²) in [5.74, 6) is 0.270. The summed E-state index contributed by atoms with van der Waals surface area (Å²) in [5.41, 5.74) is 1.95. The van der Waals surface area contributed by atoms with Crippen LogP contribution in [0.1, 0.15) is 26.6 Å². The molecule has 1 amide bonds. The van der Waals surface area contributed by atoms with Gasteiger partial charge >= 0.3 is 0 Å². The maximum absolute atomic E-state index is 13.2. The molecule has 0 fully saturated rings. The number of aryl methyl sites for hydroxylation is 2. The molecule has 0 saturated heterocycles. The van der Waals surface area contributed by atoms with Crippen LogP contribution in [0.2, 0.25) is 0 Å². The molecule has 8 heteroatoms. The zero-order chi connectivity index (χ0) is 18.8. The maximum Gasteiger partial charge on any atom is 0.266 e. The lowest BCUT2D eigenvalue weighted by molar-refractivity contribution is 0.103. The molecule has 6 nitrogen and oxygen atoms in total. The van der Waals surface area contributed by atoms with E-state index in [0.717, 1.165) is 5.56 Å². The molecule has 3 aromatic rings. The van der Waals surface area contributed by atoms with Crippen molar-refractivity contribution < 1.29 is 18.7 Å². The Morgan fingerprint density at radius 3 is 2.69 bits per heavy atom. The highest BCUT2D eigenvalue weighted by molar-refractivity contribution is 7.20. The van der Waals surface area contributed by atoms with Crippen LogP contribution in [0.25, 0.3) is 10.2 Å². The van der Waals surface area contributed by atoms with Gasteiger partial charge < -0.3 is 14.8 Å². The summed E-state index contributed by atoms with van der Waals surface area (Å²) < 4.78 is 23.7. The minimum atomic E-state index is -0.343. The van der Waals surface area contributed by atoms with Gasteiger partial charge in [0.25, 0.3) is 5.91 Å². The van der Waals surface area contributed by atoms with E-state index in [0.29, 0.717) is 38.0 Å². The molecule has 0 aliphatic rings. The van der Waals surface area contributed by atoms with E-state index in [1.165, 1.54) is 30.6 Å². The number of amides is 1. The summed E-state index contributed by atoms with van der Waals surface area (Å²) in [4.78, 5) is 22.7. The highest BCUT2D eigenvalue weighted by atomic mass is 32.1. The van der Waals surface area contributed by atoms with Crippen molar-refractivity contribution in [3.8, 4) is 5.88 Å². The normalized spacial score (nSPS) is 11.0. The average Bonchev–Trinajstić information content (AvgIpc) is 2.94. The molecular weight excluding hydrogens is 357 g/mol. The van der Waals surface area contributed by atoms with E-state index in [1.54, 1.807) is 20.1 Å². The fourth-order valence-electron chi connectivity index (χ4n) is 2.65. The standard InChI is InChI=1S/C18H18FN3O3S/c1-9-7-11(19)5-6-12(9)20-16(23)15-10(2)14-17(25-4)21-13(8-24-3)22-18(14)26-15/h5-7H,8H2,1-4H3,(H,20,23). The second-order valence-electron chi connectivity index (χ2n) is 5.73. The van der Waals surface area contributed by atoms with Crippen LogP contribution in [0.15, 0.2) is 18.2 Å². The summed E-state index contributed by atoms with van der Waals surface area (Å²) in [6.07, 6.45) is 0. The van der Waals surface area contributed by atoms with Gasteiger partial charge in [0.1, 0.15) is 17.3 Å². The number of rotatable bonds is 5. The van der Waals surface area contributed by atoms with Gasteiger partial charge in [-0.25, -0.2) is 9.37 Å². The first-order valence-electron chi connectivity index (χ1n) is 7.85. The lowest BCUT2D eigenvalue weighted by Gasteiger charge is -2.08. The number of nitrogens with zero attached hydrogens (tertiary/aromatic N) is 2. The molecule has 0 unspecified atom stereocenters. The van der Waals surface area contributed by atoms with E-state index in [-0.39, 0.29) is 18.3 Å². The van der Waals surface area contributed by atoms with Crippen LogP contribution < -0.4 is 10.1 Å². The van der Waals surface area contributed by atoms with E-state index < -0.39 is 0 Å². The Bertz CT molecular complexity index is 987. The molecule has 0 spiro atoms. The summed E-state index contributed by atoms with van der Waals surface area (Å²) in [5, 5.41) is 3.53. The van der Waals surface area contributed by atoms with Crippen LogP contribution in [-0.2, 0) is 11.3 Å². The van der Waals surface area contributed by atoms with E-state index in [2.05, 4.69) is 15.3 Å². The fourth-order valence-corrected chi connectivity index (χ4v) is 3.73. The van der Waals surface area contributed by atoms with Crippen LogP contribution in [0, 0.1) is 19.7 Å². The van der Waals surface area contributed by atoms with Crippen molar-refractivity contribution >= 4 is 33.1 Å². The van der Waals surface area contributed by atoms with Crippen LogP contribution in [0.5, 0.6) is 5.88 Å². The number of benzene rings is 1. The van der Waals surface area contributed by atoms with Gasteiger partial charge in [-0.2, -0.15) is 4.98 Å². The van der Waals surface area contributed by atoms with Gasteiger partial charge in [-0.15, -0.1) is 11.3 Å². The van der Waals surface area contributed by atoms with E-state index in [9.17, 15) is 9.18 Å². The zero-order valence-electron chi connectivity index (χ0n) is 14.8. The first-order chi connectivity index (χ1) is 12.4. The Balaban J connectivity index is 2.01. The van der Waals surface area contributed by atoms with Gasteiger partial charge in [-0.3, -0.25) is 4.79 Å². The highest BCUT2D eigenvalue weighted by Gasteiger charge is 2.21. The molecule has 0 aliphatic heterocycles. The lowest BCUT2D eigenvalue weighted by atomic mass is 10.1. The minimum absolute atomic E-state index is 0.250. The molecule has 2 aromatic heterocycles. The lowest BCUT2D eigenvalue weighted by Crippen LogP contribution is -2.12. The fraction of sp³-hybridized carbons (Fsp3) is 0.278. The summed E-state index contributed by atoms with van der Waals surface area (Å²) >= 11 is 1.26. The molecular formula is C18H18FN3O3S. The van der Waals surface area contributed by atoms with E-state index in [4.69, 9.17) is 9.47 Å². The molecule has 0 atom stereocenters. The van der Waals surface area contributed by atoms with Crippen LogP contribution in [-0.4, -0.2) is 30.1 Å². The van der Waals surface area contributed by atoms with Crippen molar-refractivity contribution in [2.75, 3.05) is 19.5 Å². The number of anilines is 1. The number of halogens is 1. The Morgan fingerprint density at radius 2 is 2.04 bits per heavy atom. The van der Waals surface area contributed by atoms with Crippen molar-refractivity contribution in [3.05, 3.63) is 45.8 Å². The van der Waals surface area contributed by atoms with Gasteiger partial charge in [0.05, 0.1) is 17.4 Å². The largest absolute Gasteiger partial charge is 0.480 e. The number of nitrogens with one attached hydrogen (secondary N) is 1. The minimum Gasteiger partial charge on any atom is -0.480 e. The third-order valence-electron chi connectivity index (χ3n) is 3.91. The smallest absolute Gasteiger partial charge is 0.266 e. The van der Waals surface area contributed by atoms with E-state index in [1.807, 2.05) is 6.92 Å². The number of fused-ring (bicyclic) bond motifs is 1. The zero-order valence-corrected chi connectivity index (χ0v) is 15.7. The summed E-state index contributed by atoms with van der Waals surface area (Å²) in [6, 6.07) is 4.23. The molecule has 26 heavy (non-hydrogen) atoms. The molecule has 1 aromatic carbocycles. The second kappa shape index (κ2) is 7.35. The van der Waals surface area contributed by atoms with Crippen molar-refractivity contribution in [2.45, 2.75) is 20.5 Å². The number of methoxy groups -OCH3 is 2. The van der Waals surface area contributed by atoms with Gasteiger partial charge in [-0.1, -0.05) is 0 Å². The van der Waals surface area contributed by atoms with Crippen LogP contribution in [0.4, 0.5) is 10.1 Å². The predicted molar refractivity (Wildman–Crippen MR) is 98.5 cm³/mol. The molecule has 3 rings (SSSR count). The third-order valence-corrected chi connectivity index (χ3v) is 5.10. The monoisotopic (exact) mass is 375 g/mol. The summed E-state index contributed by atoms with van der Waals surface area (Å²) in [7, 11) is 3.08. The number of carbonyl (C=O) groups excluding carboxylic acids is 1. The highest BCUT2D eigenvalue weighted by Crippen LogP contribution is 2.35. The first kappa shape index (κ1) is 18.2. The summed E-state index contributed by atoms with van der Waals surface area (Å²) in [6.45, 7) is 3.81. The molecule has 0 saturated carbocycles. The van der Waals surface area contributed by atoms with Gasteiger partial charge in [0, 0.05) is 12.8 Å². The number of hydrogen-bond donors (Lipinski definition) is 1. The number of aromatic nitrogens is 2. The molecule has 136 valence electrons. The molecule has 0 radical (unpaired) electrons. The van der Waals surface area contributed by atoms with Crippen molar-refractivity contribution in [2.24, 2.45) is 0 Å². The predicted octanol–water partition coefficient (Wildman–Crippen LogP) is 3.85. The number of carbonyl (C=O) groups is 1. The van der Waals surface area contributed by atoms with Gasteiger partial charge in [0.2, 0.25) is 5.88 Å². The number of hydrogen-bond acceptors (Lipinski definition) is 6. The SMILES string of the molecule is COCc1nc(OC)c2c(C)c(C(=O)Nc3ccc(F)cc3C)sc2n1. The van der Waals surface area contributed by atoms with Crippen molar-refractivity contribution in [1.82, 2.24) is 9.97 Å². The van der Waals surface area contributed by atoms with Crippen LogP contribution in [0.3, 0.4) is 0 Å². The number of thiophene rings is 1. The molecule has 1 N–H and O–H groups in total. The quantitative estimate of drug-likeness (QED) is 0.733. The topological polar surface area (TPSA) is 73.3 Å². The Labute approximate surface area is 154 Å². The van der Waals surface area contributed by atoms with Crippen molar-refractivity contribution in [1.29, 1.82) is 0 Å². The number of ether oxygens (including phenoxy) is 2. The molecule has 0 aliphatic carbocycles. The molecule has 2 heterocycles. The van der Waals surface area contributed by atoms with Crippen molar-refractivity contribution in [3.63, 3.8) is 0 Å². The Morgan fingerprint density at radius 1 is 1.27 bits per heavy atom. The first-order valence-corrected chi connectivity index (χ1v) is 8.66. The second-order valence-corrected chi connectivity index (χ2v) is 6.73. The van der Waals surface area contributed by atoms with Gasteiger partial charge in [-0.05, 0) is 43.2 Å². The van der Waals surface area contributed by atoms with E-state index >= 15 is 0 Å².